The van der Waals surface area contributed by atoms with Crippen LogP contribution in [0.25, 0.3) is 44.1 Å². The van der Waals surface area contributed by atoms with Crippen LogP contribution in [0.2, 0.25) is 0 Å². The summed E-state index contributed by atoms with van der Waals surface area (Å²) in [5, 5.41) is 2.45. The Morgan fingerprint density at radius 1 is 0.667 bits per heavy atom. The number of nitrogens with zero attached hydrogens (tertiary/aromatic N) is 1. The monoisotopic (exact) mass is 386 g/mol. The van der Waals surface area contributed by atoms with Crippen molar-refractivity contribution < 1.29 is 0 Å². The molecule has 2 aliphatic carbocycles. The Hall–Kier alpha value is -3.52. The van der Waals surface area contributed by atoms with Gasteiger partial charge in [-0.05, 0) is 75.2 Å². The van der Waals surface area contributed by atoms with Gasteiger partial charge < -0.3 is 5.84 Å². The number of hydrogen-bond acceptors (Lipinski definition) is 1. The predicted octanol–water partition coefficient (Wildman–Crippen LogP) is 6.39. The van der Waals surface area contributed by atoms with E-state index in [9.17, 15) is 0 Å². The lowest BCUT2D eigenvalue weighted by Crippen LogP contribution is -2.16. The van der Waals surface area contributed by atoms with Crippen molar-refractivity contribution in [3.8, 4) is 22.3 Å². The first-order chi connectivity index (χ1) is 14.5. The van der Waals surface area contributed by atoms with E-state index in [0.717, 1.165) is 17.5 Å². The normalized spacial score (nSPS) is 15.3. The van der Waals surface area contributed by atoms with Gasteiger partial charge in [-0.3, -0.25) is 4.68 Å². The second-order valence-electron chi connectivity index (χ2n) is 9.32. The predicted molar refractivity (Wildman–Crippen MR) is 125 cm³/mol. The molecule has 30 heavy (non-hydrogen) atoms. The fraction of sp³-hybridized carbons (Fsp3) is 0.143. The highest BCUT2D eigenvalue weighted by atomic mass is 15.3. The van der Waals surface area contributed by atoms with Crippen LogP contribution in [0.1, 0.15) is 36.1 Å². The molecule has 2 nitrogen and oxygen atoms in total. The van der Waals surface area contributed by atoms with Crippen LogP contribution in [-0.2, 0) is 11.8 Å². The molecule has 0 unspecified atom stereocenters. The molecular weight excluding hydrogens is 364 g/mol. The van der Waals surface area contributed by atoms with E-state index in [1.54, 1.807) is 0 Å². The molecule has 0 amide bonds. The molecule has 0 fully saturated rings. The van der Waals surface area contributed by atoms with Crippen LogP contribution in [0.5, 0.6) is 0 Å². The number of nitrogen functional groups attached to an aromatic ring is 1. The molecule has 1 aromatic heterocycles. The summed E-state index contributed by atoms with van der Waals surface area (Å²) in [6.07, 6.45) is 1.03. The zero-order valence-corrected chi connectivity index (χ0v) is 17.2. The Bertz CT molecular complexity index is 1550. The molecule has 5 aromatic rings. The lowest BCUT2D eigenvalue weighted by molar-refractivity contribution is 0.660. The molecule has 0 saturated heterocycles. The van der Waals surface area contributed by atoms with Crippen molar-refractivity contribution in [1.82, 2.24) is 4.68 Å². The van der Waals surface area contributed by atoms with Gasteiger partial charge in [-0.25, -0.2) is 0 Å². The first-order valence-electron chi connectivity index (χ1n) is 10.6. The van der Waals surface area contributed by atoms with Gasteiger partial charge in [0.05, 0.1) is 11.0 Å². The maximum absolute atomic E-state index is 6.51. The molecule has 2 N–H and O–H groups in total. The highest BCUT2D eigenvalue weighted by molar-refractivity contribution is 6.10. The maximum Gasteiger partial charge on any atom is 0.0707 e. The molecule has 2 heteroatoms. The minimum absolute atomic E-state index is 0.0425. The molecule has 0 radical (unpaired) electrons. The first kappa shape index (κ1) is 16.3. The van der Waals surface area contributed by atoms with E-state index in [0.29, 0.717) is 0 Å². The fourth-order valence-electron chi connectivity index (χ4n) is 5.85. The summed E-state index contributed by atoms with van der Waals surface area (Å²) in [6.45, 7) is 4.70. The van der Waals surface area contributed by atoms with Gasteiger partial charge in [0.1, 0.15) is 0 Å². The third-order valence-electron chi connectivity index (χ3n) is 7.42. The van der Waals surface area contributed by atoms with E-state index in [2.05, 4.69) is 86.6 Å². The smallest absolute Gasteiger partial charge is 0.0707 e. The molecule has 0 bridgehead atoms. The summed E-state index contributed by atoms with van der Waals surface area (Å²) >= 11 is 0. The fourth-order valence-corrected chi connectivity index (χ4v) is 5.85. The SMILES string of the molecule is CC1(C)c2cc3c(cc2-c2cc4c5ccccc5n(N)c4cc21)-c1ccccc1C3. The van der Waals surface area contributed by atoms with Crippen LogP contribution < -0.4 is 5.84 Å². The Morgan fingerprint density at radius 2 is 1.40 bits per heavy atom. The largest absolute Gasteiger partial charge is 0.339 e. The minimum Gasteiger partial charge on any atom is -0.339 e. The Morgan fingerprint density at radius 3 is 2.30 bits per heavy atom. The van der Waals surface area contributed by atoms with Crippen LogP contribution in [0.3, 0.4) is 0 Å². The van der Waals surface area contributed by atoms with E-state index in [4.69, 9.17) is 5.84 Å². The van der Waals surface area contributed by atoms with E-state index in [-0.39, 0.29) is 5.41 Å². The third-order valence-corrected chi connectivity index (χ3v) is 7.42. The van der Waals surface area contributed by atoms with E-state index in [1.165, 1.54) is 55.3 Å². The van der Waals surface area contributed by atoms with Gasteiger partial charge in [0.2, 0.25) is 0 Å². The van der Waals surface area contributed by atoms with Crippen molar-refractivity contribution in [1.29, 1.82) is 0 Å². The van der Waals surface area contributed by atoms with Crippen LogP contribution in [0.4, 0.5) is 0 Å². The second kappa shape index (κ2) is 5.14. The van der Waals surface area contributed by atoms with Crippen LogP contribution in [-0.4, -0.2) is 4.68 Å². The Labute approximate surface area is 175 Å². The van der Waals surface area contributed by atoms with Gasteiger partial charge in [-0.1, -0.05) is 62.4 Å². The second-order valence-corrected chi connectivity index (χ2v) is 9.32. The van der Waals surface area contributed by atoms with Crippen molar-refractivity contribution in [2.24, 2.45) is 0 Å². The molecule has 0 atom stereocenters. The van der Waals surface area contributed by atoms with Crippen molar-refractivity contribution >= 4 is 21.8 Å². The zero-order valence-electron chi connectivity index (χ0n) is 17.2. The molecule has 0 aliphatic heterocycles. The van der Waals surface area contributed by atoms with Gasteiger partial charge in [-0.2, -0.15) is 0 Å². The lowest BCUT2D eigenvalue weighted by atomic mass is 9.81. The minimum atomic E-state index is -0.0425. The summed E-state index contributed by atoms with van der Waals surface area (Å²) < 4.78 is 1.85. The average molecular weight is 386 g/mol. The Kier molecular flexibility index (Phi) is 2.79. The van der Waals surface area contributed by atoms with Gasteiger partial charge in [-0.15, -0.1) is 0 Å². The molecular formula is C28H22N2. The van der Waals surface area contributed by atoms with Gasteiger partial charge in [0.25, 0.3) is 0 Å². The zero-order chi connectivity index (χ0) is 20.2. The highest BCUT2D eigenvalue weighted by Gasteiger charge is 2.38. The summed E-state index contributed by atoms with van der Waals surface area (Å²) in [5.74, 6) is 6.51. The molecule has 2 aliphatic rings. The molecule has 1 heterocycles. The van der Waals surface area contributed by atoms with Crippen molar-refractivity contribution in [2.45, 2.75) is 25.7 Å². The summed E-state index contributed by atoms with van der Waals surface area (Å²) in [6, 6.07) is 26.8. The van der Waals surface area contributed by atoms with Gasteiger partial charge >= 0.3 is 0 Å². The number of para-hydroxylation sites is 1. The molecule has 7 rings (SSSR count). The highest BCUT2D eigenvalue weighted by Crippen LogP contribution is 2.53. The first-order valence-corrected chi connectivity index (χ1v) is 10.6. The number of rotatable bonds is 0. The standard InChI is InChI=1S/C28H22N2/c1-28(2)24-12-17-11-16-7-3-4-8-18(16)20(17)13-21(24)22-14-23-19-9-5-6-10-26(19)30(29)27(23)15-25(22)28/h3-10,12-15H,11,29H2,1-2H3. The third kappa shape index (κ3) is 1.80. The summed E-state index contributed by atoms with van der Waals surface area (Å²) in [5.41, 5.74) is 13.4. The average Bonchev–Trinajstić information content (AvgIpc) is 3.34. The number of benzene rings is 4. The summed E-state index contributed by atoms with van der Waals surface area (Å²) in [4.78, 5) is 0. The van der Waals surface area contributed by atoms with Crippen molar-refractivity contribution in [3.63, 3.8) is 0 Å². The summed E-state index contributed by atoms with van der Waals surface area (Å²) in [7, 11) is 0. The lowest BCUT2D eigenvalue weighted by Gasteiger charge is -2.22. The molecule has 4 aromatic carbocycles. The van der Waals surface area contributed by atoms with E-state index < -0.39 is 0 Å². The van der Waals surface area contributed by atoms with E-state index in [1.807, 2.05) is 4.68 Å². The molecule has 0 spiro atoms. The van der Waals surface area contributed by atoms with Crippen LogP contribution in [0, 0.1) is 0 Å². The number of hydrogen-bond donors (Lipinski definition) is 1. The van der Waals surface area contributed by atoms with Crippen molar-refractivity contribution in [2.75, 3.05) is 5.84 Å². The number of aromatic nitrogens is 1. The van der Waals surface area contributed by atoms with Gasteiger partial charge in [0, 0.05) is 16.2 Å². The molecule has 144 valence electrons. The van der Waals surface area contributed by atoms with Gasteiger partial charge in [0.15, 0.2) is 0 Å². The number of nitrogens with two attached hydrogens (primary N) is 1. The Balaban J connectivity index is 1.57. The quantitative estimate of drug-likeness (QED) is 0.301. The number of fused-ring (bicyclic) bond motifs is 9. The van der Waals surface area contributed by atoms with Crippen molar-refractivity contribution in [3.05, 3.63) is 95.1 Å². The van der Waals surface area contributed by atoms with Crippen LogP contribution in [0.15, 0.2) is 72.8 Å². The topological polar surface area (TPSA) is 30.9 Å². The molecule has 0 saturated carbocycles. The van der Waals surface area contributed by atoms with E-state index >= 15 is 0 Å². The maximum atomic E-state index is 6.51. The van der Waals surface area contributed by atoms with Crippen LogP contribution >= 0.6 is 0 Å².